The second-order valence-electron chi connectivity index (χ2n) is 9.24. The average molecular weight is 514 g/mol. The van der Waals surface area contributed by atoms with Crippen molar-refractivity contribution >= 4 is 17.5 Å². The second-order valence-corrected chi connectivity index (χ2v) is 9.24. The summed E-state index contributed by atoms with van der Waals surface area (Å²) in [6.07, 6.45) is -1.89. The molecule has 2 amide bonds. The number of rotatable bonds is 5. The lowest BCUT2D eigenvalue weighted by atomic mass is 9.89. The van der Waals surface area contributed by atoms with Gasteiger partial charge in [-0.1, -0.05) is 30.3 Å². The predicted octanol–water partition coefficient (Wildman–Crippen LogP) is 5.50. The van der Waals surface area contributed by atoms with Gasteiger partial charge in [-0.05, 0) is 61.4 Å². The fourth-order valence-corrected chi connectivity index (χ4v) is 4.81. The first-order valence-corrected chi connectivity index (χ1v) is 12.2. The minimum atomic E-state index is -4.88. The molecule has 7 nitrogen and oxygen atoms in total. The number of nitrogens with one attached hydrogen (secondary N) is 1. The van der Waals surface area contributed by atoms with Crippen LogP contribution in [0, 0.1) is 0 Å². The Hall–Kier alpha value is -3.66. The van der Waals surface area contributed by atoms with Gasteiger partial charge in [0.2, 0.25) is 11.7 Å². The molecule has 2 aromatic carbocycles. The second kappa shape index (κ2) is 10.4. The fraction of sp³-hybridized carbons (Fsp3) is 0.370. The molecule has 37 heavy (non-hydrogen) atoms. The maximum Gasteiger partial charge on any atom is 0.452 e. The molecule has 1 N–H and O–H groups in total. The Labute approximate surface area is 211 Å². The maximum absolute atomic E-state index is 13.6. The van der Waals surface area contributed by atoms with Crippen LogP contribution in [0.25, 0.3) is 11.5 Å². The summed E-state index contributed by atoms with van der Waals surface area (Å²) in [5.41, 5.74) is 0.904. The number of likely N-dealkylation sites (tertiary alicyclic amines) is 1. The summed E-state index contributed by atoms with van der Waals surface area (Å²) >= 11 is 0. The van der Waals surface area contributed by atoms with E-state index in [9.17, 15) is 22.8 Å². The van der Waals surface area contributed by atoms with Crippen molar-refractivity contribution in [1.29, 1.82) is 0 Å². The largest absolute Gasteiger partial charge is 0.452 e. The van der Waals surface area contributed by atoms with Gasteiger partial charge in [-0.15, -0.1) is 0 Å². The molecule has 0 aliphatic carbocycles. The summed E-state index contributed by atoms with van der Waals surface area (Å²) in [4.78, 5) is 31.0. The lowest BCUT2D eigenvalue weighted by Crippen LogP contribution is -2.43. The van der Waals surface area contributed by atoms with E-state index in [1.807, 2.05) is 17.0 Å². The molecule has 2 fully saturated rings. The summed E-state index contributed by atoms with van der Waals surface area (Å²) < 4.78 is 51.1. The van der Waals surface area contributed by atoms with Crippen LogP contribution in [0.2, 0.25) is 0 Å². The van der Waals surface area contributed by atoms with Crippen molar-refractivity contribution in [1.82, 2.24) is 9.88 Å². The number of ether oxygens (including phenoxy) is 1. The van der Waals surface area contributed by atoms with Gasteiger partial charge in [0, 0.05) is 30.9 Å². The first-order chi connectivity index (χ1) is 17.8. The number of nitrogens with zero attached hydrogens (tertiary/aromatic N) is 2. The zero-order valence-corrected chi connectivity index (χ0v) is 20.0. The van der Waals surface area contributed by atoms with Gasteiger partial charge in [-0.3, -0.25) is 9.59 Å². The standard InChI is InChI=1S/C27H26F3N3O4/c28-27(29,30)23-22(32-25(37-23)19-5-2-1-3-6-19)24(34)31-20-10-8-17(9-11-20)18-12-14-33(15-13-18)26(35)21-7-4-16-36-21/h1-3,5-6,8-11,18,21H,4,7,12-16H2,(H,31,34). The van der Waals surface area contributed by atoms with Crippen LogP contribution in [0.5, 0.6) is 0 Å². The third-order valence-electron chi connectivity index (χ3n) is 6.77. The number of piperidine rings is 1. The number of carbonyl (C=O) groups excluding carboxylic acids is 2. The van der Waals surface area contributed by atoms with E-state index < -0.39 is 23.5 Å². The normalized spacial score (nSPS) is 18.7. The van der Waals surface area contributed by atoms with E-state index in [1.165, 1.54) is 0 Å². The number of anilines is 1. The van der Waals surface area contributed by atoms with Gasteiger partial charge >= 0.3 is 6.18 Å². The summed E-state index contributed by atoms with van der Waals surface area (Å²) in [5, 5.41) is 2.49. The van der Waals surface area contributed by atoms with Crippen molar-refractivity contribution in [2.24, 2.45) is 0 Å². The Balaban J connectivity index is 1.24. The third-order valence-corrected chi connectivity index (χ3v) is 6.77. The number of amides is 2. The topological polar surface area (TPSA) is 84.7 Å². The summed E-state index contributed by atoms with van der Waals surface area (Å²) in [6, 6.07) is 15.1. The molecule has 1 unspecified atom stereocenters. The Morgan fingerprint density at radius 2 is 1.68 bits per heavy atom. The molecule has 194 valence electrons. The molecule has 2 aliphatic rings. The first kappa shape index (κ1) is 25.0. The SMILES string of the molecule is O=C(Nc1ccc(C2CCN(C(=O)C3CCCO3)CC2)cc1)c1nc(-c2ccccc2)oc1C(F)(F)F. The van der Waals surface area contributed by atoms with Crippen LogP contribution in [0.15, 0.2) is 59.0 Å². The quantitative estimate of drug-likeness (QED) is 0.487. The fourth-order valence-electron chi connectivity index (χ4n) is 4.81. The number of halogens is 3. The van der Waals surface area contributed by atoms with Crippen molar-refractivity contribution in [3.8, 4) is 11.5 Å². The molecular weight excluding hydrogens is 487 g/mol. The Bertz CT molecular complexity index is 1240. The van der Waals surface area contributed by atoms with Crippen LogP contribution < -0.4 is 5.32 Å². The van der Waals surface area contributed by atoms with Crippen LogP contribution in [0.4, 0.5) is 18.9 Å². The van der Waals surface area contributed by atoms with E-state index >= 15 is 0 Å². The molecule has 2 saturated heterocycles. The number of oxazole rings is 1. The van der Waals surface area contributed by atoms with Gasteiger partial charge in [0.1, 0.15) is 6.10 Å². The number of hydrogen-bond donors (Lipinski definition) is 1. The van der Waals surface area contributed by atoms with E-state index in [-0.39, 0.29) is 23.8 Å². The molecule has 1 atom stereocenters. The molecule has 3 aromatic rings. The molecule has 10 heteroatoms. The summed E-state index contributed by atoms with van der Waals surface area (Å²) in [6.45, 7) is 1.94. The highest BCUT2D eigenvalue weighted by atomic mass is 19.4. The Morgan fingerprint density at radius 1 is 0.973 bits per heavy atom. The molecular formula is C27H26F3N3O4. The van der Waals surface area contributed by atoms with E-state index in [2.05, 4.69) is 10.3 Å². The van der Waals surface area contributed by atoms with Crippen LogP contribution in [-0.2, 0) is 15.7 Å². The highest BCUT2D eigenvalue weighted by molar-refractivity contribution is 6.04. The number of alkyl halides is 3. The Morgan fingerprint density at radius 3 is 2.30 bits per heavy atom. The molecule has 3 heterocycles. The van der Waals surface area contributed by atoms with Crippen LogP contribution in [-0.4, -0.2) is 47.5 Å². The minimum absolute atomic E-state index is 0.0653. The van der Waals surface area contributed by atoms with E-state index in [4.69, 9.17) is 9.15 Å². The van der Waals surface area contributed by atoms with Crippen LogP contribution >= 0.6 is 0 Å². The molecule has 1 aromatic heterocycles. The summed E-state index contributed by atoms with van der Waals surface area (Å²) in [5.74, 6) is -2.41. The monoisotopic (exact) mass is 513 g/mol. The highest BCUT2D eigenvalue weighted by Crippen LogP contribution is 2.36. The molecule has 0 spiro atoms. The van der Waals surface area contributed by atoms with Gasteiger partial charge in [-0.2, -0.15) is 13.2 Å². The number of benzene rings is 2. The van der Waals surface area contributed by atoms with Gasteiger partial charge < -0.3 is 19.4 Å². The van der Waals surface area contributed by atoms with Gasteiger partial charge in [0.05, 0.1) is 0 Å². The van der Waals surface area contributed by atoms with Gasteiger partial charge in [0.15, 0.2) is 5.69 Å². The van der Waals surface area contributed by atoms with Crippen molar-refractivity contribution in [3.05, 3.63) is 71.6 Å². The smallest absolute Gasteiger partial charge is 0.431 e. The lowest BCUT2D eigenvalue weighted by molar-refractivity contribution is -0.153. The minimum Gasteiger partial charge on any atom is -0.431 e. The van der Waals surface area contributed by atoms with Crippen LogP contribution in [0.3, 0.4) is 0 Å². The number of aromatic nitrogens is 1. The zero-order valence-electron chi connectivity index (χ0n) is 20.0. The number of hydrogen-bond acceptors (Lipinski definition) is 5. The van der Waals surface area contributed by atoms with E-state index in [1.54, 1.807) is 42.5 Å². The van der Waals surface area contributed by atoms with Gasteiger partial charge in [0.25, 0.3) is 11.8 Å². The van der Waals surface area contributed by atoms with E-state index in [0.29, 0.717) is 30.9 Å². The molecule has 5 rings (SSSR count). The van der Waals surface area contributed by atoms with Crippen molar-refractivity contribution < 1.29 is 31.9 Å². The third kappa shape index (κ3) is 5.53. The predicted molar refractivity (Wildman–Crippen MR) is 129 cm³/mol. The molecule has 0 saturated carbocycles. The van der Waals surface area contributed by atoms with Crippen molar-refractivity contribution in [2.75, 3.05) is 25.0 Å². The molecule has 0 bridgehead atoms. The number of carbonyl (C=O) groups is 2. The van der Waals surface area contributed by atoms with E-state index in [0.717, 1.165) is 31.2 Å². The molecule has 2 aliphatic heterocycles. The highest BCUT2D eigenvalue weighted by Gasteiger charge is 2.42. The summed E-state index contributed by atoms with van der Waals surface area (Å²) in [7, 11) is 0. The van der Waals surface area contributed by atoms with Crippen molar-refractivity contribution in [2.45, 2.75) is 43.9 Å². The first-order valence-electron chi connectivity index (χ1n) is 12.2. The maximum atomic E-state index is 13.6. The average Bonchev–Trinajstić information content (AvgIpc) is 3.60. The molecule has 0 radical (unpaired) electrons. The van der Waals surface area contributed by atoms with Gasteiger partial charge in [-0.25, -0.2) is 4.98 Å². The van der Waals surface area contributed by atoms with Crippen LogP contribution in [0.1, 0.15) is 53.4 Å². The Kier molecular flexibility index (Phi) is 7.01. The van der Waals surface area contributed by atoms with Crippen molar-refractivity contribution in [3.63, 3.8) is 0 Å². The lowest BCUT2D eigenvalue weighted by Gasteiger charge is -2.33. The zero-order chi connectivity index (χ0) is 26.0.